The number of piperidine rings is 1. The molecule has 0 radical (unpaired) electrons. The van der Waals surface area contributed by atoms with Crippen LogP contribution in [0.2, 0.25) is 0 Å². The number of methoxy groups -OCH3 is 1. The van der Waals surface area contributed by atoms with Gasteiger partial charge in [-0.25, -0.2) is 0 Å². The van der Waals surface area contributed by atoms with E-state index >= 15 is 0 Å². The fraction of sp³-hybridized carbons (Fsp3) is 0.471. The van der Waals surface area contributed by atoms with E-state index in [0.717, 1.165) is 49.1 Å². The lowest BCUT2D eigenvalue weighted by atomic mass is 9.79. The van der Waals surface area contributed by atoms with Crippen LogP contribution in [0.25, 0.3) is 10.9 Å². The topological polar surface area (TPSA) is 82.9 Å². The number of ether oxygens (including phenoxy) is 1. The summed E-state index contributed by atoms with van der Waals surface area (Å²) in [6, 6.07) is 9.89. The van der Waals surface area contributed by atoms with Crippen molar-refractivity contribution < 1.29 is 4.74 Å². The predicted octanol–water partition coefficient (Wildman–Crippen LogP) is 1.93. The molecule has 120 valence electrons. The number of benzene rings is 1. The molecule has 1 aliphatic rings. The van der Waals surface area contributed by atoms with Crippen LogP contribution in [0.5, 0.6) is 0 Å². The Hall–Kier alpha value is -2.23. The first-order valence-electron chi connectivity index (χ1n) is 7.87. The van der Waals surface area contributed by atoms with Gasteiger partial charge in [-0.05, 0) is 32.0 Å². The van der Waals surface area contributed by atoms with Gasteiger partial charge < -0.3 is 15.4 Å². The van der Waals surface area contributed by atoms with Crippen molar-refractivity contribution >= 4 is 16.6 Å². The molecule has 1 aromatic carbocycles. The minimum Gasteiger partial charge on any atom is -0.384 e. The summed E-state index contributed by atoms with van der Waals surface area (Å²) < 4.78 is 5.46. The summed E-state index contributed by atoms with van der Waals surface area (Å²) in [4.78, 5) is 0. The molecule has 0 amide bonds. The number of nitrogens with zero attached hydrogens (tertiary/aromatic N) is 3. The molecule has 1 aromatic heterocycles. The quantitative estimate of drug-likeness (QED) is 0.878. The van der Waals surface area contributed by atoms with Gasteiger partial charge >= 0.3 is 0 Å². The van der Waals surface area contributed by atoms with Gasteiger partial charge in [-0.2, -0.15) is 5.26 Å². The third-order valence-electron chi connectivity index (χ3n) is 4.53. The predicted molar refractivity (Wildman–Crippen MR) is 89.2 cm³/mol. The summed E-state index contributed by atoms with van der Waals surface area (Å²) in [5, 5.41) is 25.3. The van der Waals surface area contributed by atoms with E-state index in [4.69, 9.17) is 4.74 Å². The zero-order valence-corrected chi connectivity index (χ0v) is 13.3. The fourth-order valence-corrected chi connectivity index (χ4v) is 3.22. The number of aromatic nitrogens is 2. The Labute approximate surface area is 135 Å². The van der Waals surface area contributed by atoms with E-state index < -0.39 is 0 Å². The summed E-state index contributed by atoms with van der Waals surface area (Å²) in [5.74, 6) is 0. The van der Waals surface area contributed by atoms with Crippen LogP contribution in [0.3, 0.4) is 0 Å². The van der Waals surface area contributed by atoms with Gasteiger partial charge in [0.05, 0.1) is 17.8 Å². The van der Waals surface area contributed by atoms with Crippen molar-refractivity contribution in [1.82, 2.24) is 15.5 Å². The molecule has 2 N–H and O–H groups in total. The second kappa shape index (κ2) is 6.90. The van der Waals surface area contributed by atoms with Crippen molar-refractivity contribution in [3.8, 4) is 6.07 Å². The second-order valence-corrected chi connectivity index (χ2v) is 6.09. The van der Waals surface area contributed by atoms with Gasteiger partial charge in [-0.1, -0.05) is 18.2 Å². The smallest absolute Gasteiger partial charge is 0.186 e. The molecule has 2 heterocycles. The number of hydrogen-bond donors (Lipinski definition) is 2. The summed E-state index contributed by atoms with van der Waals surface area (Å²) in [6.45, 7) is 3.45. The van der Waals surface area contributed by atoms with E-state index in [1.54, 1.807) is 7.11 Å². The highest BCUT2D eigenvalue weighted by atomic mass is 16.5. The molecular weight excluding hydrogens is 290 g/mol. The van der Waals surface area contributed by atoms with E-state index in [2.05, 4.69) is 26.9 Å². The molecule has 1 fully saturated rings. The van der Waals surface area contributed by atoms with Crippen LogP contribution in [-0.4, -0.2) is 43.5 Å². The van der Waals surface area contributed by atoms with E-state index in [9.17, 15) is 5.26 Å². The average molecular weight is 311 g/mol. The van der Waals surface area contributed by atoms with E-state index in [1.807, 2.05) is 24.3 Å². The Morgan fingerprint density at radius 1 is 1.30 bits per heavy atom. The summed E-state index contributed by atoms with van der Waals surface area (Å²) >= 11 is 0. The van der Waals surface area contributed by atoms with E-state index in [-0.39, 0.29) is 5.41 Å². The highest BCUT2D eigenvalue weighted by molar-refractivity contribution is 5.92. The zero-order valence-electron chi connectivity index (χ0n) is 13.3. The molecule has 6 nitrogen and oxygen atoms in total. The first kappa shape index (κ1) is 15.7. The van der Waals surface area contributed by atoms with E-state index in [1.165, 1.54) is 0 Å². The Bertz CT molecular complexity index is 713. The van der Waals surface area contributed by atoms with Crippen LogP contribution in [0, 0.1) is 16.7 Å². The molecule has 6 heteroatoms. The van der Waals surface area contributed by atoms with Crippen molar-refractivity contribution in [3.05, 3.63) is 30.0 Å². The Balaban J connectivity index is 1.89. The summed E-state index contributed by atoms with van der Waals surface area (Å²) in [5.41, 5.74) is 1.98. The van der Waals surface area contributed by atoms with Crippen LogP contribution >= 0.6 is 0 Å². The van der Waals surface area contributed by atoms with Crippen molar-refractivity contribution in [3.63, 3.8) is 0 Å². The van der Waals surface area contributed by atoms with Crippen LogP contribution in [-0.2, 0) is 4.74 Å². The first-order chi connectivity index (χ1) is 11.3. The van der Waals surface area contributed by atoms with Crippen LogP contribution in [0.15, 0.2) is 24.3 Å². The molecule has 23 heavy (non-hydrogen) atoms. The standard InChI is InChI=1S/C17H21N5O/c1-23-12-17(6-8-19-9-7-17)11-20-16-13-4-2-3-5-14(13)21-22-15(16)10-18/h2-5,19H,6-9,11-12H2,1H3,(H,20,21). The molecule has 0 aliphatic carbocycles. The maximum absolute atomic E-state index is 9.36. The van der Waals surface area contributed by atoms with Gasteiger partial charge in [0.1, 0.15) is 6.07 Å². The maximum Gasteiger partial charge on any atom is 0.186 e. The number of nitriles is 1. The summed E-state index contributed by atoms with van der Waals surface area (Å²) in [7, 11) is 1.74. The van der Waals surface area contributed by atoms with Crippen molar-refractivity contribution in [2.24, 2.45) is 5.41 Å². The van der Waals surface area contributed by atoms with Crippen LogP contribution < -0.4 is 10.6 Å². The number of hydrogen-bond acceptors (Lipinski definition) is 6. The van der Waals surface area contributed by atoms with Gasteiger partial charge in [0.15, 0.2) is 5.69 Å². The lowest BCUT2D eigenvalue weighted by molar-refractivity contribution is 0.0636. The zero-order chi connectivity index (χ0) is 16.1. The van der Waals surface area contributed by atoms with Gasteiger partial charge in [0, 0.05) is 24.5 Å². The molecule has 0 saturated carbocycles. The molecule has 3 rings (SSSR count). The van der Waals surface area contributed by atoms with Gasteiger partial charge in [-0.3, -0.25) is 0 Å². The molecule has 1 saturated heterocycles. The Morgan fingerprint density at radius 3 is 2.83 bits per heavy atom. The summed E-state index contributed by atoms with van der Waals surface area (Å²) in [6.07, 6.45) is 2.10. The molecule has 0 bridgehead atoms. The van der Waals surface area contributed by atoms with Gasteiger partial charge in [-0.15, -0.1) is 10.2 Å². The van der Waals surface area contributed by atoms with Gasteiger partial charge in [0.25, 0.3) is 0 Å². The molecular formula is C17H21N5O. The molecule has 1 aliphatic heterocycles. The lowest BCUT2D eigenvalue weighted by Gasteiger charge is -2.37. The highest BCUT2D eigenvalue weighted by Gasteiger charge is 2.32. The maximum atomic E-state index is 9.36. The molecule has 0 atom stereocenters. The average Bonchev–Trinajstić information content (AvgIpc) is 2.60. The Morgan fingerprint density at radius 2 is 2.09 bits per heavy atom. The van der Waals surface area contributed by atoms with Crippen molar-refractivity contribution in [1.29, 1.82) is 5.26 Å². The number of rotatable bonds is 5. The van der Waals surface area contributed by atoms with Crippen LogP contribution in [0.1, 0.15) is 18.5 Å². The highest BCUT2D eigenvalue weighted by Crippen LogP contribution is 2.31. The molecule has 0 spiro atoms. The number of anilines is 1. The second-order valence-electron chi connectivity index (χ2n) is 6.09. The third kappa shape index (κ3) is 3.26. The molecule has 0 unspecified atom stereocenters. The fourth-order valence-electron chi connectivity index (χ4n) is 3.22. The normalized spacial score (nSPS) is 16.9. The first-order valence-corrected chi connectivity index (χ1v) is 7.87. The van der Waals surface area contributed by atoms with Crippen molar-refractivity contribution in [2.45, 2.75) is 12.8 Å². The van der Waals surface area contributed by atoms with Crippen LogP contribution in [0.4, 0.5) is 5.69 Å². The minimum atomic E-state index is 0.0805. The van der Waals surface area contributed by atoms with Crippen molar-refractivity contribution in [2.75, 3.05) is 38.7 Å². The number of nitrogens with one attached hydrogen (secondary N) is 2. The van der Waals surface area contributed by atoms with Gasteiger partial charge in [0.2, 0.25) is 0 Å². The SMILES string of the molecule is COCC1(CNc2c(C#N)nnc3ccccc23)CCNCC1. The Kier molecular flexibility index (Phi) is 4.70. The number of fused-ring (bicyclic) bond motifs is 1. The molecule has 2 aromatic rings. The minimum absolute atomic E-state index is 0.0805. The lowest BCUT2D eigenvalue weighted by Crippen LogP contribution is -2.44. The van der Waals surface area contributed by atoms with E-state index in [0.29, 0.717) is 12.3 Å². The largest absolute Gasteiger partial charge is 0.384 e. The third-order valence-corrected chi connectivity index (χ3v) is 4.53. The monoisotopic (exact) mass is 311 g/mol.